The van der Waals surface area contributed by atoms with Crippen molar-refractivity contribution in [1.82, 2.24) is 5.32 Å². The standard InChI is InChI=1S/C11H18N2O3.C10H8O3S.CH2O.2Na/c1-4-6-7(3)11(5-2)8(14)12-10(16)13-9(11)15;11-14(12,13)10-7-3-5-8-4-1-2-6-9(8)10;1-2;;/h7H,4-6H2,1-3H3,(H2,12,13,14,15,16);1-7H,(H,11,12,13);1H2;;/q;;;2*+1/p-2. The first kappa shape index (κ1) is 35.1. The number of amides is 3. The molecule has 0 saturated carbocycles. The van der Waals surface area contributed by atoms with Crippen molar-refractivity contribution in [2.75, 3.05) is 0 Å². The number of carbonyl (C=O) groups excluding carboxylic acids is 3. The van der Waals surface area contributed by atoms with E-state index in [9.17, 15) is 27.7 Å². The summed E-state index contributed by atoms with van der Waals surface area (Å²) >= 11 is 0. The summed E-state index contributed by atoms with van der Waals surface area (Å²) in [6, 6.07) is 10.7. The Morgan fingerprint density at radius 2 is 1.62 bits per heavy atom. The van der Waals surface area contributed by atoms with E-state index < -0.39 is 33.4 Å². The third kappa shape index (κ3) is 8.23. The number of nitrogens with one attached hydrogen (secondary N) is 1. The zero-order chi connectivity index (χ0) is 24.5. The van der Waals surface area contributed by atoms with Gasteiger partial charge in [-0.25, -0.2) is 18.2 Å². The van der Waals surface area contributed by atoms with Crippen LogP contribution in [0.25, 0.3) is 10.8 Å². The molecule has 2 aromatic rings. The maximum atomic E-state index is 11.9. The molecule has 0 fully saturated rings. The van der Waals surface area contributed by atoms with Crippen molar-refractivity contribution in [1.29, 1.82) is 0 Å². The average Bonchev–Trinajstić information content (AvgIpc) is 2.75. The van der Waals surface area contributed by atoms with Crippen LogP contribution in [0.2, 0.25) is 0 Å². The number of carbonyl (C=O) groups is 3. The molecule has 0 spiro atoms. The van der Waals surface area contributed by atoms with E-state index >= 15 is 0 Å². The van der Waals surface area contributed by atoms with Gasteiger partial charge in [-0.2, -0.15) is 0 Å². The first-order valence-electron chi connectivity index (χ1n) is 9.92. The minimum absolute atomic E-state index is 0. The maximum Gasteiger partial charge on any atom is 1.00 e. The summed E-state index contributed by atoms with van der Waals surface area (Å²) in [5.41, 5.74) is -1.15. The normalized spacial score (nSPS) is 17.8. The van der Waals surface area contributed by atoms with Gasteiger partial charge in [0.2, 0.25) is 5.91 Å². The van der Waals surface area contributed by atoms with Gasteiger partial charge in [0.25, 0.3) is 0 Å². The van der Waals surface area contributed by atoms with Gasteiger partial charge in [0.05, 0.1) is 10.3 Å². The Hall–Kier alpha value is -1.11. The molecule has 2 unspecified atom stereocenters. The van der Waals surface area contributed by atoms with E-state index in [2.05, 4.69) is 10.3 Å². The number of benzene rings is 2. The molecule has 0 aromatic heterocycles. The van der Waals surface area contributed by atoms with Gasteiger partial charge in [-0.05, 0) is 41.5 Å². The smallest absolute Gasteiger partial charge is 0.861 e. The summed E-state index contributed by atoms with van der Waals surface area (Å²) in [7, 11) is -4.38. The molecule has 12 heteroatoms. The minimum Gasteiger partial charge on any atom is -0.861 e. The quantitative estimate of drug-likeness (QED) is 0.323. The van der Waals surface area contributed by atoms with Crippen LogP contribution in [0.1, 0.15) is 40.0 Å². The number of imide groups is 1. The monoisotopic (exact) mass is 508 g/mol. The van der Waals surface area contributed by atoms with Crippen LogP contribution >= 0.6 is 0 Å². The molecule has 3 amide bonds. The van der Waals surface area contributed by atoms with Crippen molar-refractivity contribution < 1.29 is 91.6 Å². The minimum atomic E-state index is -4.38. The molecule has 34 heavy (non-hydrogen) atoms. The number of aliphatic imine (C=N–C) groups is 1. The molecule has 1 heterocycles. The van der Waals surface area contributed by atoms with Crippen LogP contribution in [0.5, 0.6) is 0 Å². The summed E-state index contributed by atoms with van der Waals surface area (Å²) in [5, 5.41) is 15.2. The maximum absolute atomic E-state index is 11.9. The number of urea groups is 1. The second-order valence-corrected chi connectivity index (χ2v) is 8.47. The van der Waals surface area contributed by atoms with E-state index in [0.717, 1.165) is 18.2 Å². The first-order chi connectivity index (χ1) is 15.1. The summed E-state index contributed by atoms with van der Waals surface area (Å²) in [5.74, 6) is -1.20. The summed E-state index contributed by atoms with van der Waals surface area (Å²) in [6.45, 7) is 7.62. The molecule has 3 rings (SSSR count). The Labute approximate surface area is 244 Å². The fraction of sp³-hybridized carbons (Fsp3) is 0.364. The van der Waals surface area contributed by atoms with Gasteiger partial charge in [0.1, 0.15) is 16.9 Å². The molecule has 1 aliphatic heterocycles. The number of fused-ring (bicyclic) bond motifs is 1. The largest absolute Gasteiger partial charge is 1.00 e. The van der Waals surface area contributed by atoms with Gasteiger partial charge in [0, 0.05) is 0 Å². The topological polar surface area (TPSA) is 156 Å². The summed E-state index contributed by atoms with van der Waals surface area (Å²) in [6.07, 6.45) is 2.02. The Morgan fingerprint density at radius 3 is 2.12 bits per heavy atom. The number of hydrogen-bond donors (Lipinski definition) is 1. The predicted octanol–water partition coefficient (Wildman–Crippen LogP) is -3.61. The molecule has 1 N–H and O–H groups in total. The van der Waals surface area contributed by atoms with Crippen LogP contribution < -0.4 is 69.5 Å². The van der Waals surface area contributed by atoms with Crippen LogP contribution in [0, 0.1) is 11.3 Å². The van der Waals surface area contributed by atoms with E-state index in [1.807, 2.05) is 20.6 Å². The fourth-order valence-electron chi connectivity index (χ4n) is 3.71. The van der Waals surface area contributed by atoms with Gasteiger partial charge >= 0.3 is 65.1 Å². The third-order valence-electron chi connectivity index (χ3n) is 5.35. The van der Waals surface area contributed by atoms with Crippen molar-refractivity contribution in [3.8, 4) is 0 Å². The van der Waals surface area contributed by atoms with Crippen molar-refractivity contribution in [3.63, 3.8) is 0 Å². The van der Waals surface area contributed by atoms with Crippen molar-refractivity contribution in [2.24, 2.45) is 16.3 Å². The Kier molecular flexibility index (Phi) is 16.3. The summed E-state index contributed by atoms with van der Waals surface area (Å²) in [4.78, 5) is 34.0. The van der Waals surface area contributed by atoms with Crippen LogP contribution in [-0.2, 0) is 19.7 Å². The summed E-state index contributed by atoms with van der Waals surface area (Å²) < 4.78 is 32.7. The van der Waals surface area contributed by atoms with Crippen LogP contribution in [0.3, 0.4) is 0 Å². The molecule has 0 aliphatic carbocycles. The SMILES string of the molecule is C=O.CCCC(C)C1(CC)C(=O)NC(=O)N=C1[O-].O=S(=O)([O-])c1cccc2ccccc12.[Na+].[Na+]. The van der Waals surface area contributed by atoms with Crippen molar-refractivity contribution in [3.05, 3.63) is 42.5 Å². The van der Waals surface area contributed by atoms with Gasteiger partial charge in [-0.1, -0.05) is 63.6 Å². The van der Waals surface area contributed by atoms with E-state index in [0.29, 0.717) is 11.8 Å². The number of nitrogens with zero attached hydrogens (tertiary/aromatic N) is 1. The van der Waals surface area contributed by atoms with Gasteiger partial charge in [0.15, 0.2) is 0 Å². The molecule has 1 aliphatic rings. The molecular formula is C22H26N2Na2O7S. The van der Waals surface area contributed by atoms with Crippen LogP contribution in [0.4, 0.5) is 4.79 Å². The zero-order valence-electron chi connectivity index (χ0n) is 20.2. The predicted molar refractivity (Wildman–Crippen MR) is 117 cm³/mol. The van der Waals surface area contributed by atoms with E-state index in [1.54, 1.807) is 43.3 Å². The molecule has 174 valence electrons. The van der Waals surface area contributed by atoms with Gasteiger partial charge in [-0.3, -0.25) is 10.1 Å². The van der Waals surface area contributed by atoms with Crippen molar-refractivity contribution in [2.45, 2.75) is 44.9 Å². The average molecular weight is 509 g/mol. The molecule has 0 bridgehead atoms. The molecule has 0 saturated heterocycles. The third-order valence-corrected chi connectivity index (χ3v) is 6.24. The zero-order valence-corrected chi connectivity index (χ0v) is 25.0. The number of rotatable bonds is 5. The second-order valence-electron chi connectivity index (χ2n) is 7.12. The van der Waals surface area contributed by atoms with E-state index in [4.69, 9.17) is 4.79 Å². The molecular weight excluding hydrogens is 482 g/mol. The van der Waals surface area contributed by atoms with E-state index in [1.165, 1.54) is 6.07 Å². The Bertz CT molecular complexity index is 1100. The Morgan fingerprint density at radius 1 is 1.06 bits per heavy atom. The van der Waals surface area contributed by atoms with Crippen LogP contribution in [0.15, 0.2) is 52.4 Å². The molecule has 2 atom stereocenters. The van der Waals surface area contributed by atoms with Gasteiger partial charge < -0.3 is 14.5 Å². The Balaban J connectivity index is 0. The number of hydrogen-bond acceptors (Lipinski definition) is 7. The molecule has 2 aromatic carbocycles. The second kappa shape index (κ2) is 15.8. The van der Waals surface area contributed by atoms with Crippen molar-refractivity contribution >= 4 is 45.5 Å². The molecule has 9 nitrogen and oxygen atoms in total. The molecule has 0 radical (unpaired) electrons. The van der Waals surface area contributed by atoms with E-state index in [-0.39, 0.29) is 69.9 Å². The van der Waals surface area contributed by atoms with Crippen LogP contribution in [-0.4, -0.2) is 37.6 Å². The first-order valence-corrected chi connectivity index (χ1v) is 11.3. The fourth-order valence-corrected chi connectivity index (χ4v) is 4.41. The van der Waals surface area contributed by atoms with Gasteiger partial charge in [-0.15, -0.1) is 0 Å².